The molecule has 21 nitrogen and oxygen atoms in total. The smallest absolute Gasteiger partial charge is 0.328 e. The van der Waals surface area contributed by atoms with Gasteiger partial charge in [-0.05, 0) is 95.9 Å². The highest BCUT2D eigenvalue weighted by Crippen LogP contribution is 2.51. The van der Waals surface area contributed by atoms with Crippen molar-refractivity contribution in [1.82, 2.24) is 33.1 Å². The second-order valence-corrected chi connectivity index (χ2v) is 21.1. The zero-order chi connectivity index (χ0) is 52.3. The fourth-order valence-corrected chi connectivity index (χ4v) is 12.1. The van der Waals surface area contributed by atoms with E-state index in [9.17, 15) is 24.3 Å². The zero-order valence-corrected chi connectivity index (χ0v) is 44.6. The fourth-order valence-electron chi connectivity index (χ4n) is 7.95. The van der Waals surface area contributed by atoms with Crippen LogP contribution in [-0.4, -0.2) is 112 Å². The highest BCUT2D eigenvalue weighted by atomic mass is 31.2. The second-order valence-electron chi connectivity index (χ2n) is 18.0. The van der Waals surface area contributed by atoms with Crippen molar-refractivity contribution in [2.24, 2.45) is 0 Å². The Labute approximate surface area is 409 Å². The Morgan fingerprint density at radius 2 is 1.09 bits per heavy atom. The van der Waals surface area contributed by atoms with Crippen molar-refractivity contribution in [2.45, 2.75) is 209 Å². The molecule has 0 aromatic carbocycles. The normalized spacial score (nSPS) is 20.7. The van der Waals surface area contributed by atoms with E-state index in [1.54, 1.807) is 0 Å². The van der Waals surface area contributed by atoms with Crippen molar-refractivity contribution in [2.75, 3.05) is 13.2 Å². The van der Waals surface area contributed by atoms with Crippen LogP contribution >= 0.6 is 17.0 Å². The first-order valence-corrected chi connectivity index (χ1v) is 25.9. The van der Waals surface area contributed by atoms with Crippen molar-refractivity contribution in [1.29, 1.82) is 10.5 Å². The summed E-state index contributed by atoms with van der Waals surface area (Å²) in [5, 5.41) is 27.3. The van der Waals surface area contributed by atoms with Crippen LogP contribution < -0.4 is 22.5 Å². The highest BCUT2D eigenvalue weighted by molar-refractivity contribution is 7.47. The number of nitriles is 2. The average molecular weight is 1000 g/mol. The highest BCUT2D eigenvalue weighted by Gasteiger charge is 2.41. The van der Waals surface area contributed by atoms with E-state index in [2.05, 4.69) is 129 Å². The molecule has 384 valence electrons. The first-order valence-electron chi connectivity index (χ1n) is 23.6. The van der Waals surface area contributed by atoms with Crippen molar-refractivity contribution >= 4 is 28.4 Å². The maximum absolute atomic E-state index is 12.3. The Balaban J connectivity index is 0.000000374. The number of nitrogens with zero attached hydrogens (tertiary/aromatic N) is 9. The van der Waals surface area contributed by atoms with Gasteiger partial charge in [0.2, 0.25) is 0 Å². The minimum Gasteiger partial charge on any atom is -0.390 e. The molecule has 2 fully saturated rings. The van der Waals surface area contributed by atoms with Gasteiger partial charge in [0.25, 0.3) is 31.0 Å². The minimum atomic E-state index is -1.46. The van der Waals surface area contributed by atoms with E-state index in [0.29, 0.717) is 56.5 Å². The number of aromatic nitrogens is 4. The molecule has 3 N–H and O–H groups in total. The quantitative estimate of drug-likeness (QED) is 0.0610. The summed E-state index contributed by atoms with van der Waals surface area (Å²) >= 11 is 0. The summed E-state index contributed by atoms with van der Waals surface area (Å²) in [7, 11) is -2.30. The summed E-state index contributed by atoms with van der Waals surface area (Å²) in [6.07, 6.45) is 2.12. The van der Waals surface area contributed by atoms with Crippen LogP contribution in [0.25, 0.3) is 9.69 Å². The van der Waals surface area contributed by atoms with Crippen LogP contribution in [0, 0.1) is 35.8 Å². The molecule has 4 rings (SSSR count). The topological polar surface area (TPSA) is 242 Å². The Bertz CT molecular complexity index is 2260. The van der Waals surface area contributed by atoms with Gasteiger partial charge in [-0.15, -0.1) is 0 Å². The number of aliphatic hydroxyl groups is 1. The van der Waals surface area contributed by atoms with Gasteiger partial charge in [0.1, 0.15) is 12.5 Å². The van der Waals surface area contributed by atoms with Crippen LogP contribution in [0.15, 0.2) is 31.6 Å². The van der Waals surface area contributed by atoms with Crippen LogP contribution in [0.4, 0.5) is 11.4 Å². The third kappa shape index (κ3) is 17.6. The summed E-state index contributed by atoms with van der Waals surface area (Å²) in [5.41, 5.74) is -3.04. The molecule has 23 heteroatoms. The van der Waals surface area contributed by atoms with Gasteiger partial charge in [-0.3, -0.25) is 28.7 Å². The van der Waals surface area contributed by atoms with Gasteiger partial charge in [-0.25, -0.2) is 33.3 Å². The van der Waals surface area contributed by atoms with E-state index in [1.165, 1.54) is 17.0 Å². The number of aromatic amines is 2. The van der Waals surface area contributed by atoms with E-state index in [-0.39, 0.29) is 61.2 Å². The van der Waals surface area contributed by atoms with E-state index >= 15 is 0 Å². The Kier molecular flexibility index (Phi) is 26.4. The van der Waals surface area contributed by atoms with Crippen LogP contribution in [-0.2, 0) is 23.0 Å². The lowest BCUT2D eigenvalue weighted by Gasteiger charge is -2.45. The molecule has 2 aliphatic rings. The molecule has 69 heavy (non-hydrogen) atoms. The van der Waals surface area contributed by atoms with Gasteiger partial charge in [0.05, 0.1) is 75.8 Å². The van der Waals surface area contributed by atoms with Crippen molar-refractivity contribution in [3.63, 3.8) is 0 Å². The third-order valence-electron chi connectivity index (χ3n) is 10.8. The first kappa shape index (κ1) is 60.9. The predicted octanol–water partition coefficient (Wildman–Crippen LogP) is 7.97. The van der Waals surface area contributed by atoms with Crippen LogP contribution in [0.5, 0.6) is 0 Å². The molecule has 2 aliphatic heterocycles. The number of ether oxygens (including phenoxy) is 2. The molecule has 0 bridgehead atoms. The summed E-state index contributed by atoms with van der Waals surface area (Å²) in [5.74, 6) is 0. The molecule has 0 radical (unpaired) electrons. The number of H-pyrrole nitrogens is 2. The molecule has 1 unspecified atom stereocenters. The molecule has 2 aromatic rings. The van der Waals surface area contributed by atoms with Crippen molar-refractivity contribution < 1.29 is 28.2 Å². The van der Waals surface area contributed by atoms with Gasteiger partial charge in [-0.1, -0.05) is 13.8 Å². The summed E-state index contributed by atoms with van der Waals surface area (Å²) in [6.45, 7) is 44.5. The molecule has 7 atom stereocenters. The van der Waals surface area contributed by atoms with Gasteiger partial charge < -0.3 is 28.2 Å². The SMILES string of the molecule is CC(C)N(C(C)C)P(OCCC#N)N(C(C)C)C(C)C.[C-]#[N+]c1cn([C@H]2C[C@@H](O)[C@@H](CC)O2)c(=O)[nH]c1=O.[C-]#[N+]c1cn([C@H]2C[C@@H](OP(OCCC#N)N(C(C)C)C(C)C)[C@@H](CC)O2)c(=O)[nH]c1=O. The standard InChI is InChI=1S/C20H30N5O5P.C15H32N3OP.C11H13N3O4/c1-7-16-17(30-31(28-10-8-9-21)25(13(2)3)14(4)5)11-18(29-16)24-12-15(22-6)19(26)23-20(24)27;1-12(2)17(13(3)4)20(19-11-9-10-16)18(14(5)6)15(7)8;1-3-8-7(15)4-9(18-8)14-5-6(12-2)10(16)13-11(14)17/h12-14,16-18H,7-8,10-11H2,1-5H3,(H,23,26,27);12-15H,9,11H2,1-8H3;5,7-9,15H,3-4H2,1H3,(H,13,16,17)/t16-,17-,18-,31?;;7-,8-,9-/m1.1/s1. The summed E-state index contributed by atoms with van der Waals surface area (Å²) in [6, 6.07) is 6.25. The van der Waals surface area contributed by atoms with Crippen molar-refractivity contribution in [3.05, 3.63) is 76.9 Å². The Morgan fingerprint density at radius 3 is 1.45 bits per heavy atom. The number of hydrogen-bond donors (Lipinski definition) is 3. The van der Waals surface area contributed by atoms with Gasteiger partial charge >= 0.3 is 11.4 Å². The predicted molar refractivity (Wildman–Crippen MR) is 266 cm³/mol. The maximum Gasteiger partial charge on any atom is 0.328 e. The molecule has 2 saturated heterocycles. The number of rotatable bonds is 21. The zero-order valence-electron chi connectivity index (χ0n) is 42.8. The van der Waals surface area contributed by atoms with Gasteiger partial charge in [0.15, 0.2) is 8.45 Å². The summed E-state index contributed by atoms with van der Waals surface area (Å²) < 4.78 is 39.5. The largest absolute Gasteiger partial charge is 0.390 e. The molecule has 0 amide bonds. The van der Waals surface area contributed by atoms with Crippen LogP contribution in [0.2, 0.25) is 0 Å². The van der Waals surface area contributed by atoms with E-state index < -0.39 is 58.0 Å². The van der Waals surface area contributed by atoms with Crippen molar-refractivity contribution in [3.8, 4) is 12.1 Å². The monoisotopic (exact) mass is 1000 g/mol. The average Bonchev–Trinajstić information content (AvgIpc) is 3.85. The van der Waals surface area contributed by atoms with E-state index in [0.717, 1.165) is 4.57 Å². The first-order chi connectivity index (χ1) is 32.5. The molecule has 0 spiro atoms. The number of hydrogen-bond acceptors (Lipinski definition) is 15. The maximum atomic E-state index is 12.3. The minimum absolute atomic E-state index is 0.162. The van der Waals surface area contributed by atoms with Crippen LogP contribution in [0.1, 0.15) is 148 Å². The Morgan fingerprint density at radius 1 is 0.696 bits per heavy atom. The number of nitrogens with one attached hydrogen (secondary N) is 2. The fraction of sp³-hybridized carbons (Fsp3) is 0.739. The molecule has 0 aliphatic carbocycles. The lowest BCUT2D eigenvalue weighted by atomic mass is 10.1. The van der Waals surface area contributed by atoms with E-state index in [1.807, 2.05) is 13.8 Å². The Hall–Kier alpha value is -4.18. The molecular weight excluding hydrogens is 929 g/mol. The van der Waals surface area contributed by atoms with E-state index in [4.69, 9.17) is 46.7 Å². The van der Waals surface area contributed by atoms with Crippen LogP contribution in [0.3, 0.4) is 0 Å². The lowest BCUT2D eigenvalue weighted by Crippen LogP contribution is -2.43. The molecule has 0 saturated carbocycles. The molecular formula is C46H75N11O10P2. The summed E-state index contributed by atoms with van der Waals surface area (Å²) in [4.78, 5) is 57.3. The molecule has 2 aromatic heterocycles. The second kappa shape index (κ2) is 29.9. The van der Waals surface area contributed by atoms with Gasteiger partial charge in [0, 0.05) is 61.5 Å². The third-order valence-corrected chi connectivity index (χ3v) is 16.0. The van der Waals surface area contributed by atoms with Gasteiger partial charge in [-0.2, -0.15) is 10.5 Å². The number of aliphatic hydroxyl groups excluding tert-OH is 1. The lowest BCUT2D eigenvalue weighted by molar-refractivity contribution is -0.0216. The molecule has 4 heterocycles.